The van der Waals surface area contributed by atoms with Gasteiger partial charge in [-0.1, -0.05) is 17.9 Å². The van der Waals surface area contributed by atoms with Crippen LogP contribution in [0.2, 0.25) is 0 Å². The topological polar surface area (TPSA) is 55.9 Å². The van der Waals surface area contributed by atoms with Crippen LogP contribution < -0.4 is 10.2 Å². The van der Waals surface area contributed by atoms with Crippen LogP contribution in [0.4, 0.5) is 10.5 Å². The van der Waals surface area contributed by atoms with Crippen LogP contribution in [-0.4, -0.2) is 68.1 Å². The van der Waals surface area contributed by atoms with Gasteiger partial charge in [-0.3, -0.25) is 19.9 Å². The lowest BCUT2D eigenvalue weighted by Crippen LogP contribution is -2.49. The van der Waals surface area contributed by atoms with E-state index in [4.69, 9.17) is 0 Å². The first-order valence-electron chi connectivity index (χ1n) is 8.23. The summed E-state index contributed by atoms with van der Waals surface area (Å²) in [4.78, 5) is 29.4. The summed E-state index contributed by atoms with van der Waals surface area (Å²) in [6.07, 6.45) is 0.324. The van der Waals surface area contributed by atoms with Crippen molar-refractivity contribution < 1.29 is 9.59 Å². The fourth-order valence-corrected chi connectivity index (χ4v) is 2.82. The maximum Gasteiger partial charge on any atom is 0.328 e. The van der Waals surface area contributed by atoms with Gasteiger partial charge in [0.25, 0.3) is 0 Å². The molecule has 0 aliphatic carbocycles. The highest BCUT2D eigenvalue weighted by Gasteiger charge is 2.24. The minimum Gasteiger partial charge on any atom is -0.304 e. The van der Waals surface area contributed by atoms with E-state index in [0.29, 0.717) is 13.0 Å². The van der Waals surface area contributed by atoms with Crippen molar-refractivity contribution in [3.05, 3.63) is 29.8 Å². The van der Waals surface area contributed by atoms with E-state index in [0.717, 1.165) is 44.0 Å². The van der Waals surface area contributed by atoms with Crippen molar-refractivity contribution in [3.8, 4) is 11.8 Å². The highest BCUT2D eigenvalue weighted by atomic mass is 16.2. The van der Waals surface area contributed by atoms with Gasteiger partial charge in [0, 0.05) is 50.4 Å². The molecule has 2 saturated heterocycles. The Morgan fingerprint density at radius 3 is 2.67 bits per heavy atom. The minimum absolute atomic E-state index is 0.223. The fraction of sp³-hybridized carbons (Fsp3) is 0.444. The van der Waals surface area contributed by atoms with Crippen molar-refractivity contribution in [3.63, 3.8) is 0 Å². The van der Waals surface area contributed by atoms with Gasteiger partial charge in [-0.2, -0.15) is 0 Å². The van der Waals surface area contributed by atoms with Crippen LogP contribution in [0.1, 0.15) is 12.0 Å². The minimum atomic E-state index is -0.367. The van der Waals surface area contributed by atoms with Crippen LogP contribution in [0, 0.1) is 11.8 Å². The zero-order valence-corrected chi connectivity index (χ0v) is 13.9. The second-order valence-electron chi connectivity index (χ2n) is 6.19. The summed E-state index contributed by atoms with van der Waals surface area (Å²) >= 11 is 0. The average Bonchev–Trinajstić information content (AvgIpc) is 2.57. The molecule has 24 heavy (non-hydrogen) atoms. The quantitative estimate of drug-likeness (QED) is 0.814. The number of nitrogens with zero attached hydrogens (tertiary/aromatic N) is 3. The van der Waals surface area contributed by atoms with Crippen LogP contribution in [0.3, 0.4) is 0 Å². The zero-order chi connectivity index (χ0) is 16.9. The van der Waals surface area contributed by atoms with E-state index >= 15 is 0 Å². The standard InChI is InChI=1S/C18H22N4O2/c1-20-10-12-21(13-11-20)8-3-5-15-4-2-6-16(14-15)22-9-7-17(23)19-18(22)24/h2,4,6,14H,7-13H2,1H3,(H,19,23,24). The number of carbonyl (C=O) groups is 2. The maximum atomic E-state index is 11.9. The van der Waals surface area contributed by atoms with E-state index in [-0.39, 0.29) is 11.9 Å². The molecule has 0 spiro atoms. The number of likely N-dealkylation sites (N-methyl/N-ethyl adjacent to an activating group) is 1. The number of hydrogen-bond donors (Lipinski definition) is 1. The number of nitrogens with one attached hydrogen (secondary N) is 1. The number of anilines is 1. The third-order valence-corrected chi connectivity index (χ3v) is 4.34. The molecule has 3 rings (SSSR count). The summed E-state index contributed by atoms with van der Waals surface area (Å²) in [7, 11) is 2.14. The smallest absolute Gasteiger partial charge is 0.304 e. The highest BCUT2D eigenvalue weighted by Crippen LogP contribution is 2.18. The van der Waals surface area contributed by atoms with Gasteiger partial charge in [-0.15, -0.1) is 0 Å². The summed E-state index contributed by atoms with van der Waals surface area (Å²) < 4.78 is 0. The van der Waals surface area contributed by atoms with E-state index in [1.54, 1.807) is 4.90 Å². The molecule has 126 valence electrons. The van der Waals surface area contributed by atoms with Gasteiger partial charge in [0.15, 0.2) is 0 Å². The van der Waals surface area contributed by atoms with Crippen molar-refractivity contribution in [2.45, 2.75) is 6.42 Å². The molecule has 0 atom stereocenters. The number of rotatable bonds is 2. The summed E-state index contributed by atoms with van der Waals surface area (Å²) in [5.74, 6) is 6.17. The predicted octanol–water partition coefficient (Wildman–Crippen LogP) is 0.732. The molecular formula is C18H22N4O2. The second-order valence-corrected chi connectivity index (χ2v) is 6.19. The third kappa shape index (κ3) is 4.13. The number of benzene rings is 1. The van der Waals surface area contributed by atoms with Crippen LogP contribution in [0.25, 0.3) is 0 Å². The Bertz CT molecular complexity index is 684. The van der Waals surface area contributed by atoms with Crippen LogP contribution in [0.15, 0.2) is 24.3 Å². The predicted molar refractivity (Wildman–Crippen MR) is 92.8 cm³/mol. The molecule has 1 aromatic carbocycles. The largest absolute Gasteiger partial charge is 0.328 e. The first kappa shape index (κ1) is 16.5. The third-order valence-electron chi connectivity index (χ3n) is 4.34. The molecule has 3 amide bonds. The lowest BCUT2D eigenvalue weighted by atomic mass is 10.1. The monoisotopic (exact) mass is 326 g/mol. The van der Waals surface area contributed by atoms with Crippen molar-refractivity contribution in [1.29, 1.82) is 0 Å². The summed E-state index contributed by atoms with van der Waals surface area (Å²) in [5.41, 5.74) is 1.65. The molecule has 6 heteroatoms. The SMILES string of the molecule is CN1CCN(CC#Cc2cccc(N3CCC(=O)NC3=O)c2)CC1. The Morgan fingerprint density at radius 1 is 1.12 bits per heavy atom. The molecule has 2 aliphatic rings. The van der Waals surface area contributed by atoms with E-state index in [2.05, 4.69) is 34.0 Å². The Kier molecular flexibility index (Phi) is 5.14. The van der Waals surface area contributed by atoms with E-state index < -0.39 is 0 Å². The van der Waals surface area contributed by atoms with Gasteiger partial charge in [-0.05, 0) is 25.2 Å². The molecule has 2 fully saturated rings. The molecule has 0 bridgehead atoms. The molecule has 1 N–H and O–H groups in total. The van der Waals surface area contributed by atoms with E-state index in [1.165, 1.54) is 0 Å². The summed E-state index contributed by atoms with van der Waals surface area (Å²) in [5, 5.41) is 2.34. The first-order chi connectivity index (χ1) is 11.6. The van der Waals surface area contributed by atoms with Gasteiger partial charge in [0.05, 0.1) is 6.54 Å². The normalized spacial score (nSPS) is 19.6. The van der Waals surface area contributed by atoms with E-state index in [9.17, 15) is 9.59 Å². The molecule has 2 aliphatic heterocycles. The Hall–Kier alpha value is -2.36. The molecular weight excluding hydrogens is 304 g/mol. The van der Waals surface area contributed by atoms with Crippen LogP contribution in [-0.2, 0) is 4.79 Å². The molecule has 2 heterocycles. The first-order valence-corrected chi connectivity index (χ1v) is 8.23. The van der Waals surface area contributed by atoms with Crippen molar-refractivity contribution in [1.82, 2.24) is 15.1 Å². The van der Waals surface area contributed by atoms with Gasteiger partial charge < -0.3 is 4.90 Å². The zero-order valence-electron chi connectivity index (χ0n) is 13.9. The van der Waals surface area contributed by atoms with Gasteiger partial charge in [-0.25, -0.2) is 4.79 Å². The Morgan fingerprint density at radius 2 is 1.92 bits per heavy atom. The lowest BCUT2D eigenvalue weighted by molar-refractivity contribution is -0.120. The van der Waals surface area contributed by atoms with Crippen molar-refractivity contribution >= 4 is 17.6 Å². The Balaban J connectivity index is 1.62. The van der Waals surface area contributed by atoms with Crippen LogP contribution in [0.5, 0.6) is 0 Å². The number of piperazine rings is 1. The molecule has 6 nitrogen and oxygen atoms in total. The highest BCUT2D eigenvalue weighted by molar-refractivity contribution is 6.05. The molecule has 0 unspecified atom stereocenters. The van der Waals surface area contributed by atoms with E-state index in [1.807, 2.05) is 24.3 Å². The number of amides is 3. The number of hydrogen-bond acceptors (Lipinski definition) is 4. The maximum absolute atomic E-state index is 11.9. The fourth-order valence-electron chi connectivity index (χ4n) is 2.82. The number of carbonyl (C=O) groups excluding carboxylic acids is 2. The van der Waals surface area contributed by atoms with Gasteiger partial charge in [0.2, 0.25) is 5.91 Å². The van der Waals surface area contributed by atoms with Gasteiger partial charge in [0.1, 0.15) is 0 Å². The van der Waals surface area contributed by atoms with Gasteiger partial charge >= 0.3 is 6.03 Å². The van der Waals surface area contributed by atoms with Crippen LogP contribution >= 0.6 is 0 Å². The summed E-state index contributed by atoms with van der Waals surface area (Å²) in [6.45, 7) is 5.43. The molecule has 0 saturated carbocycles. The molecule has 0 radical (unpaired) electrons. The number of imide groups is 1. The summed E-state index contributed by atoms with van der Waals surface area (Å²) in [6, 6.07) is 7.22. The average molecular weight is 326 g/mol. The lowest BCUT2D eigenvalue weighted by Gasteiger charge is -2.30. The molecule has 1 aromatic rings. The Labute approximate surface area is 142 Å². The second kappa shape index (κ2) is 7.47. The molecule has 0 aromatic heterocycles. The van der Waals surface area contributed by atoms with Crippen molar-refractivity contribution in [2.75, 3.05) is 51.2 Å². The van der Waals surface area contributed by atoms with Crippen molar-refractivity contribution in [2.24, 2.45) is 0 Å². The number of urea groups is 1.